The molecular formula is C5H8Cl3N. The van der Waals surface area contributed by atoms with Crippen molar-refractivity contribution in [2.75, 3.05) is 13.1 Å². The van der Waals surface area contributed by atoms with Gasteiger partial charge in [-0.25, -0.2) is 0 Å². The van der Waals surface area contributed by atoms with Crippen molar-refractivity contribution < 1.29 is 0 Å². The van der Waals surface area contributed by atoms with Gasteiger partial charge in [0, 0.05) is 6.54 Å². The summed E-state index contributed by atoms with van der Waals surface area (Å²) >= 11 is 16.2. The van der Waals surface area contributed by atoms with Crippen molar-refractivity contribution in [2.24, 2.45) is 0 Å². The number of halogens is 3. The van der Waals surface area contributed by atoms with Gasteiger partial charge >= 0.3 is 0 Å². The molecule has 54 valence electrons. The van der Waals surface area contributed by atoms with E-state index in [9.17, 15) is 0 Å². The Morgan fingerprint density at radius 2 is 1.89 bits per heavy atom. The number of hydrogen-bond acceptors (Lipinski definition) is 1. The van der Waals surface area contributed by atoms with Crippen molar-refractivity contribution in [3.05, 3.63) is 9.52 Å². The molecule has 0 fully saturated rings. The van der Waals surface area contributed by atoms with E-state index in [1.165, 1.54) is 0 Å². The highest BCUT2D eigenvalue weighted by molar-refractivity contribution is 6.59. The van der Waals surface area contributed by atoms with Crippen LogP contribution in [0.25, 0.3) is 0 Å². The first-order valence-electron chi connectivity index (χ1n) is 2.58. The van der Waals surface area contributed by atoms with Crippen molar-refractivity contribution in [2.45, 2.75) is 6.92 Å². The van der Waals surface area contributed by atoms with Gasteiger partial charge in [0.15, 0.2) is 0 Å². The smallest absolute Gasteiger partial charge is 0.122 e. The van der Waals surface area contributed by atoms with Gasteiger partial charge in [0.05, 0.1) is 5.03 Å². The highest BCUT2D eigenvalue weighted by Crippen LogP contribution is 2.16. The average molecular weight is 188 g/mol. The van der Waals surface area contributed by atoms with Crippen LogP contribution in [0, 0.1) is 0 Å². The van der Waals surface area contributed by atoms with Crippen LogP contribution in [0.15, 0.2) is 9.52 Å². The first kappa shape index (κ1) is 9.57. The maximum atomic E-state index is 5.55. The summed E-state index contributed by atoms with van der Waals surface area (Å²) in [6.45, 7) is 3.38. The lowest BCUT2D eigenvalue weighted by molar-refractivity contribution is 0.793. The minimum absolute atomic E-state index is 0.137. The van der Waals surface area contributed by atoms with Crippen LogP contribution in [0.1, 0.15) is 6.92 Å². The fourth-order valence-electron chi connectivity index (χ4n) is 0.302. The van der Waals surface area contributed by atoms with E-state index in [1.54, 1.807) is 0 Å². The molecule has 0 aromatic rings. The van der Waals surface area contributed by atoms with Gasteiger partial charge in [-0.1, -0.05) is 41.7 Å². The molecule has 0 radical (unpaired) electrons. The van der Waals surface area contributed by atoms with Crippen molar-refractivity contribution in [1.29, 1.82) is 0 Å². The Labute approximate surface area is 70.0 Å². The third kappa shape index (κ3) is 5.04. The van der Waals surface area contributed by atoms with E-state index in [1.807, 2.05) is 6.92 Å². The van der Waals surface area contributed by atoms with Gasteiger partial charge < -0.3 is 5.32 Å². The van der Waals surface area contributed by atoms with Crippen LogP contribution in [0.2, 0.25) is 0 Å². The molecule has 0 amide bonds. The Kier molecular flexibility index (Phi) is 5.70. The summed E-state index contributed by atoms with van der Waals surface area (Å²) in [6, 6.07) is 0. The SMILES string of the molecule is CCNCC(Cl)=C(Cl)Cl. The monoisotopic (exact) mass is 187 g/mol. The zero-order valence-corrected chi connectivity index (χ0v) is 7.32. The molecule has 1 N–H and O–H groups in total. The maximum absolute atomic E-state index is 5.55. The second-order valence-corrected chi connectivity index (χ2v) is 2.85. The molecule has 9 heavy (non-hydrogen) atoms. The molecule has 0 rings (SSSR count). The summed E-state index contributed by atoms with van der Waals surface area (Å²) in [4.78, 5) is 0. The minimum Gasteiger partial charge on any atom is -0.312 e. The Balaban J connectivity index is 3.50. The zero-order chi connectivity index (χ0) is 7.28. The number of hydrogen-bond donors (Lipinski definition) is 1. The molecule has 0 spiro atoms. The quantitative estimate of drug-likeness (QED) is 0.718. The van der Waals surface area contributed by atoms with Gasteiger partial charge in [0.1, 0.15) is 4.49 Å². The third-order valence-electron chi connectivity index (χ3n) is 0.735. The molecule has 0 unspecified atom stereocenters. The highest BCUT2D eigenvalue weighted by Gasteiger charge is 1.95. The minimum atomic E-state index is 0.137. The zero-order valence-electron chi connectivity index (χ0n) is 5.05. The molecule has 0 aromatic heterocycles. The molecule has 1 nitrogen and oxygen atoms in total. The van der Waals surface area contributed by atoms with Gasteiger partial charge in [-0.05, 0) is 6.54 Å². The van der Waals surface area contributed by atoms with Crippen LogP contribution in [-0.4, -0.2) is 13.1 Å². The van der Waals surface area contributed by atoms with Crippen LogP contribution in [0.3, 0.4) is 0 Å². The molecule has 0 saturated carbocycles. The second kappa shape index (κ2) is 5.36. The molecule has 0 saturated heterocycles. The van der Waals surface area contributed by atoms with Crippen molar-refractivity contribution in [3.8, 4) is 0 Å². The van der Waals surface area contributed by atoms with E-state index in [0.717, 1.165) is 6.54 Å². The van der Waals surface area contributed by atoms with Crippen LogP contribution < -0.4 is 5.32 Å². The lowest BCUT2D eigenvalue weighted by Gasteiger charge is -1.97. The summed E-state index contributed by atoms with van der Waals surface area (Å²) in [6.07, 6.45) is 0. The number of nitrogens with one attached hydrogen (secondary N) is 1. The van der Waals surface area contributed by atoms with Crippen LogP contribution in [0.5, 0.6) is 0 Å². The topological polar surface area (TPSA) is 12.0 Å². The average Bonchev–Trinajstić information content (AvgIpc) is 1.82. The van der Waals surface area contributed by atoms with E-state index < -0.39 is 0 Å². The lowest BCUT2D eigenvalue weighted by atomic mass is 10.6. The van der Waals surface area contributed by atoms with Gasteiger partial charge in [-0.15, -0.1) is 0 Å². The van der Waals surface area contributed by atoms with E-state index >= 15 is 0 Å². The normalized spacial score (nSPS) is 9.33. The van der Waals surface area contributed by atoms with Crippen LogP contribution >= 0.6 is 34.8 Å². The molecule has 0 heterocycles. The fraction of sp³-hybridized carbons (Fsp3) is 0.600. The largest absolute Gasteiger partial charge is 0.312 e. The molecule has 0 aliphatic carbocycles. The first-order chi connectivity index (χ1) is 4.18. The van der Waals surface area contributed by atoms with Crippen LogP contribution in [0.4, 0.5) is 0 Å². The van der Waals surface area contributed by atoms with Gasteiger partial charge in [0.2, 0.25) is 0 Å². The Bertz CT molecular complexity index is 107. The highest BCUT2D eigenvalue weighted by atomic mass is 35.5. The van der Waals surface area contributed by atoms with Crippen LogP contribution in [-0.2, 0) is 0 Å². The van der Waals surface area contributed by atoms with Gasteiger partial charge in [-0.2, -0.15) is 0 Å². The van der Waals surface area contributed by atoms with E-state index in [-0.39, 0.29) is 4.49 Å². The van der Waals surface area contributed by atoms with Crippen molar-refractivity contribution >= 4 is 34.8 Å². The van der Waals surface area contributed by atoms with Gasteiger partial charge in [0.25, 0.3) is 0 Å². The maximum Gasteiger partial charge on any atom is 0.122 e. The molecule has 0 atom stereocenters. The Morgan fingerprint density at radius 1 is 1.33 bits per heavy atom. The molecule has 0 aliphatic heterocycles. The summed E-state index contributed by atoms with van der Waals surface area (Å²) in [7, 11) is 0. The van der Waals surface area contributed by atoms with Gasteiger partial charge in [-0.3, -0.25) is 0 Å². The van der Waals surface area contributed by atoms with E-state index in [2.05, 4.69) is 5.32 Å². The number of likely N-dealkylation sites (N-methyl/N-ethyl adjacent to an activating group) is 1. The third-order valence-corrected chi connectivity index (χ3v) is 1.71. The summed E-state index contributed by atoms with van der Waals surface area (Å²) in [5, 5.41) is 3.43. The van der Waals surface area contributed by atoms with Crippen molar-refractivity contribution in [1.82, 2.24) is 5.32 Å². The van der Waals surface area contributed by atoms with E-state index in [4.69, 9.17) is 34.8 Å². The molecule has 4 heteroatoms. The molecular weight excluding hydrogens is 180 g/mol. The Morgan fingerprint density at radius 3 is 2.22 bits per heavy atom. The second-order valence-electron chi connectivity index (χ2n) is 1.45. The standard InChI is InChI=1S/C5H8Cl3N/c1-2-9-3-4(6)5(7)8/h9H,2-3H2,1H3. The van der Waals surface area contributed by atoms with Crippen molar-refractivity contribution in [3.63, 3.8) is 0 Å². The lowest BCUT2D eigenvalue weighted by Crippen LogP contribution is -2.14. The predicted molar refractivity (Wildman–Crippen MR) is 43.1 cm³/mol. The molecule has 0 bridgehead atoms. The fourth-order valence-corrected chi connectivity index (χ4v) is 0.530. The number of rotatable bonds is 3. The predicted octanol–water partition coefficient (Wildman–Crippen LogP) is 2.48. The summed E-state index contributed by atoms with van der Waals surface area (Å²) < 4.78 is 0.137. The van der Waals surface area contributed by atoms with E-state index in [0.29, 0.717) is 11.6 Å². The summed E-state index contributed by atoms with van der Waals surface area (Å²) in [5.41, 5.74) is 0. The molecule has 0 aliphatic rings. The Hall–Kier alpha value is 0.570. The first-order valence-corrected chi connectivity index (χ1v) is 3.72. The summed E-state index contributed by atoms with van der Waals surface area (Å²) in [5.74, 6) is 0. The molecule has 0 aromatic carbocycles.